The molecule has 1 N–H and O–H groups in total. The molecule has 0 bridgehead atoms. The van der Waals surface area contributed by atoms with E-state index in [9.17, 15) is 18.4 Å². The van der Waals surface area contributed by atoms with Crippen LogP contribution in [0, 0.1) is 0 Å². The molecule has 1 unspecified atom stereocenters. The molecule has 13 heavy (non-hydrogen) atoms. The second-order valence-electron chi connectivity index (χ2n) is 2.59. The minimum Gasteiger partial charge on any atom is -0.348 e. The molecule has 0 fully saturated rings. The Kier molecular flexibility index (Phi) is 5.77. The quantitative estimate of drug-likeness (QED) is 0.751. The fourth-order valence-electron chi connectivity index (χ4n) is 0.753. The van der Waals surface area contributed by atoms with Crippen LogP contribution in [0.3, 0.4) is 0 Å². The van der Waals surface area contributed by atoms with Gasteiger partial charge >= 0.3 is 6.43 Å². The number of amides is 1. The molecule has 0 aromatic heterocycles. The summed E-state index contributed by atoms with van der Waals surface area (Å²) in [6.07, 6.45) is -2.97. The molecule has 3 nitrogen and oxygen atoms in total. The zero-order chi connectivity index (χ0) is 10.4. The fourth-order valence-corrected chi connectivity index (χ4v) is 0.982. The zero-order valence-electron chi connectivity index (χ0n) is 7.02. The maximum atomic E-state index is 11.7. The van der Waals surface area contributed by atoms with Gasteiger partial charge in [0.05, 0.1) is 5.33 Å². The number of hydrogen-bond donors (Lipinski definition) is 1. The molecule has 0 aliphatic carbocycles. The highest BCUT2D eigenvalue weighted by Gasteiger charge is 2.18. The average Bonchev–Trinajstić information content (AvgIpc) is 2.03. The van der Waals surface area contributed by atoms with E-state index in [1.165, 1.54) is 6.92 Å². The van der Waals surface area contributed by atoms with Crippen LogP contribution in [0.25, 0.3) is 0 Å². The number of carbonyl (C=O) groups is 2. The first kappa shape index (κ1) is 12.5. The van der Waals surface area contributed by atoms with Gasteiger partial charge in [-0.2, -0.15) is 8.78 Å². The third-order valence-electron chi connectivity index (χ3n) is 1.27. The molecule has 1 atom stereocenters. The van der Waals surface area contributed by atoms with E-state index in [0.29, 0.717) is 0 Å². The Hall–Kier alpha value is -0.520. The maximum Gasteiger partial charge on any atom is 0.315 e. The van der Waals surface area contributed by atoms with Crippen molar-refractivity contribution >= 4 is 27.6 Å². The number of Topliss-reactive ketones (excluding diaryl/α,β-unsaturated/α-hetero) is 1. The molecule has 0 heterocycles. The van der Waals surface area contributed by atoms with Crippen LogP contribution < -0.4 is 5.32 Å². The first-order chi connectivity index (χ1) is 5.97. The highest BCUT2D eigenvalue weighted by Crippen LogP contribution is 1.98. The van der Waals surface area contributed by atoms with E-state index in [1.807, 2.05) is 5.32 Å². The van der Waals surface area contributed by atoms with Crippen molar-refractivity contribution in [3.05, 3.63) is 0 Å². The molecule has 1 amide bonds. The Balaban J connectivity index is 3.80. The Morgan fingerprint density at radius 1 is 1.46 bits per heavy atom. The Bertz CT molecular complexity index is 199. The maximum absolute atomic E-state index is 11.7. The van der Waals surface area contributed by atoms with Gasteiger partial charge in [-0.05, 0) is 6.92 Å². The lowest BCUT2D eigenvalue weighted by molar-refractivity contribution is -0.132. The van der Waals surface area contributed by atoms with Crippen LogP contribution in [0.15, 0.2) is 0 Å². The summed E-state index contributed by atoms with van der Waals surface area (Å²) in [5.74, 6) is -1.48. The van der Waals surface area contributed by atoms with E-state index >= 15 is 0 Å². The summed E-state index contributed by atoms with van der Waals surface area (Å²) in [6.45, 7) is 1.50. The lowest BCUT2D eigenvalue weighted by Gasteiger charge is -2.11. The predicted molar refractivity (Wildman–Crippen MR) is 47.0 cm³/mol. The second-order valence-corrected chi connectivity index (χ2v) is 3.15. The molecule has 0 saturated heterocycles. The van der Waals surface area contributed by atoms with Crippen LogP contribution in [0.5, 0.6) is 0 Å². The zero-order valence-corrected chi connectivity index (χ0v) is 8.61. The number of rotatable bonds is 5. The van der Waals surface area contributed by atoms with E-state index in [4.69, 9.17) is 0 Å². The van der Waals surface area contributed by atoms with Gasteiger partial charge in [-0.1, -0.05) is 15.9 Å². The average molecular weight is 258 g/mol. The van der Waals surface area contributed by atoms with Crippen molar-refractivity contribution in [3.8, 4) is 0 Å². The van der Waals surface area contributed by atoms with Crippen LogP contribution in [0.4, 0.5) is 8.78 Å². The summed E-state index contributed by atoms with van der Waals surface area (Å²) >= 11 is 2.93. The second kappa shape index (κ2) is 6.01. The summed E-state index contributed by atoms with van der Waals surface area (Å²) in [7, 11) is 0. The van der Waals surface area contributed by atoms with E-state index in [1.54, 1.807) is 0 Å². The molecule has 6 heteroatoms. The standard InChI is InChI=1S/C7H10BrF2NO2/c1-4(2-5(12)3-8)11-7(13)6(9)10/h4,6H,2-3H2,1H3,(H,11,13). The third-order valence-corrected chi connectivity index (χ3v) is 1.90. The van der Waals surface area contributed by atoms with Crippen LogP contribution >= 0.6 is 15.9 Å². The molecule has 0 aliphatic heterocycles. The molecular formula is C7H10BrF2NO2. The van der Waals surface area contributed by atoms with Gasteiger partial charge in [0.2, 0.25) is 0 Å². The fraction of sp³-hybridized carbons (Fsp3) is 0.714. The van der Waals surface area contributed by atoms with Gasteiger partial charge in [0.1, 0.15) is 5.78 Å². The summed E-state index contributed by atoms with van der Waals surface area (Å²) in [4.78, 5) is 21.2. The van der Waals surface area contributed by atoms with Crippen molar-refractivity contribution in [2.24, 2.45) is 0 Å². The number of halogens is 3. The minimum absolute atomic E-state index is 0.0592. The summed E-state index contributed by atoms with van der Waals surface area (Å²) in [5, 5.41) is 2.18. The van der Waals surface area contributed by atoms with E-state index in [0.717, 1.165) is 0 Å². The predicted octanol–water partition coefficient (Wildman–Crippen LogP) is 1.11. The molecule has 0 rings (SSSR count). The van der Waals surface area contributed by atoms with Crippen molar-refractivity contribution in [1.82, 2.24) is 5.32 Å². The van der Waals surface area contributed by atoms with Gasteiger partial charge in [-0.3, -0.25) is 9.59 Å². The summed E-state index contributed by atoms with van der Waals surface area (Å²) in [5.41, 5.74) is 0. The number of carbonyl (C=O) groups excluding carboxylic acids is 2. The number of nitrogens with one attached hydrogen (secondary N) is 1. The van der Waals surface area contributed by atoms with Crippen molar-refractivity contribution in [1.29, 1.82) is 0 Å². The molecule has 0 spiro atoms. The molecule has 0 saturated carbocycles. The largest absolute Gasteiger partial charge is 0.348 e. The van der Waals surface area contributed by atoms with Gasteiger partial charge in [-0.25, -0.2) is 0 Å². The van der Waals surface area contributed by atoms with Gasteiger partial charge < -0.3 is 5.32 Å². The number of hydrogen-bond acceptors (Lipinski definition) is 2. The molecule has 0 aromatic carbocycles. The number of alkyl halides is 3. The van der Waals surface area contributed by atoms with Crippen LogP contribution in [0.1, 0.15) is 13.3 Å². The molecule has 0 radical (unpaired) electrons. The van der Waals surface area contributed by atoms with Gasteiger partial charge in [0, 0.05) is 12.5 Å². The summed E-state index contributed by atoms with van der Waals surface area (Å²) in [6, 6.07) is -0.549. The third kappa shape index (κ3) is 5.68. The van der Waals surface area contributed by atoms with Gasteiger partial charge in [-0.15, -0.1) is 0 Å². The van der Waals surface area contributed by atoms with Gasteiger partial charge in [0.15, 0.2) is 0 Å². The van der Waals surface area contributed by atoms with Crippen molar-refractivity contribution in [2.75, 3.05) is 5.33 Å². The smallest absolute Gasteiger partial charge is 0.315 e. The van der Waals surface area contributed by atoms with Crippen molar-refractivity contribution < 1.29 is 18.4 Å². The van der Waals surface area contributed by atoms with Crippen molar-refractivity contribution in [2.45, 2.75) is 25.8 Å². The van der Waals surface area contributed by atoms with E-state index < -0.39 is 18.4 Å². The van der Waals surface area contributed by atoms with E-state index in [-0.39, 0.29) is 17.5 Å². The van der Waals surface area contributed by atoms with Crippen molar-refractivity contribution in [3.63, 3.8) is 0 Å². The van der Waals surface area contributed by atoms with Crippen LogP contribution in [-0.2, 0) is 9.59 Å². The lowest BCUT2D eigenvalue weighted by Crippen LogP contribution is -2.38. The Morgan fingerprint density at radius 3 is 2.38 bits per heavy atom. The minimum atomic E-state index is -3.03. The first-order valence-corrected chi connectivity index (χ1v) is 4.75. The van der Waals surface area contributed by atoms with Crippen LogP contribution in [0.2, 0.25) is 0 Å². The van der Waals surface area contributed by atoms with Gasteiger partial charge in [0.25, 0.3) is 5.91 Å². The SMILES string of the molecule is CC(CC(=O)CBr)NC(=O)C(F)F. The number of ketones is 1. The van der Waals surface area contributed by atoms with E-state index in [2.05, 4.69) is 15.9 Å². The molecular weight excluding hydrogens is 248 g/mol. The molecule has 0 aliphatic rings. The Morgan fingerprint density at radius 2 is 2.00 bits per heavy atom. The normalized spacial score (nSPS) is 12.7. The highest BCUT2D eigenvalue weighted by molar-refractivity contribution is 9.09. The van der Waals surface area contributed by atoms with Crippen LogP contribution in [-0.4, -0.2) is 29.5 Å². The topological polar surface area (TPSA) is 46.2 Å². The summed E-state index contributed by atoms with van der Waals surface area (Å²) < 4.78 is 23.4. The first-order valence-electron chi connectivity index (χ1n) is 3.63. The highest BCUT2D eigenvalue weighted by atomic mass is 79.9. The monoisotopic (exact) mass is 257 g/mol. The molecule has 0 aromatic rings. The Labute approximate surface area is 83.0 Å². The molecule has 76 valence electrons. The lowest BCUT2D eigenvalue weighted by atomic mass is 10.2.